The van der Waals surface area contributed by atoms with Crippen molar-refractivity contribution in [2.24, 2.45) is 5.92 Å². The molecule has 1 amide bonds. The van der Waals surface area contributed by atoms with Crippen LogP contribution in [0.1, 0.15) is 31.7 Å². The maximum absolute atomic E-state index is 12.4. The number of fused-ring (bicyclic) bond motifs is 2. The highest BCUT2D eigenvalue weighted by molar-refractivity contribution is 5.83. The van der Waals surface area contributed by atoms with Crippen LogP contribution in [0.25, 0.3) is 0 Å². The summed E-state index contributed by atoms with van der Waals surface area (Å²) >= 11 is 0. The summed E-state index contributed by atoms with van der Waals surface area (Å²) in [6.45, 7) is 2.34. The Labute approximate surface area is 130 Å². The summed E-state index contributed by atoms with van der Waals surface area (Å²) in [6.07, 6.45) is 2.40. The van der Waals surface area contributed by atoms with Gasteiger partial charge in [0.1, 0.15) is 12.6 Å². The fourth-order valence-corrected chi connectivity index (χ4v) is 3.58. The first-order chi connectivity index (χ1) is 10.7. The van der Waals surface area contributed by atoms with Gasteiger partial charge in [0.25, 0.3) is 0 Å². The van der Waals surface area contributed by atoms with Crippen molar-refractivity contribution in [3.8, 4) is 0 Å². The molecule has 1 aromatic rings. The number of benzene rings is 1. The number of esters is 1. The topological polar surface area (TPSA) is 55.8 Å². The second-order valence-corrected chi connectivity index (χ2v) is 5.87. The normalized spacial score (nSPS) is 26.0. The van der Waals surface area contributed by atoms with Crippen LogP contribution >= 0.6 is 0 Å². The van der Waals surface area contributed by atoms with Crippen LogP contribution in [0.3, 0.4) is 0 Å². The van der Waals surface area contributed by atoms with Crippen LogP contribution in [0.15, 0.2) is 30.3 Å². The zero-order chi connectivity index (χ0) is 15.5. The summed E-state index contributed by atoms with van der Waals surface area (Å²) in [7, 11) is 0. The van der Waals surface area contributed by atoms with E-state index in [4.69, 9.17) is 9.47 Å². The molecule has 2 aliphatic rings. The van der Waals surface area contributed by atoms with E-state index in [9.17, 15) is 9.59 Å². The number of likely N-dealkylation sites (tertiary alicyclic amines) is 1. The Hall–Kier alpha value is -2.04. The monoisotopic (exact) mass is 303 g/mol. The lowest BCUT2D eigenvalue weighted by atomic mass is 9.99. The first kappa shape index (κ1) is 14.9. The molecule has 0 radical (unpaired) electrons. The second kappa shape index (κ2) is 6.38. The van der Waals surface area contributed by atoms with Crippen LogP contribution in [0.5, 0.6) is 0 Å². The number of nitrogens with zero attached hydrogens (tertiary/aromatic N) is 1. The van der Waals surface area contributed by atoms with Crippen molar-refractivity contribution in [2.45, 2.75) is 44.9 Å². The Bertz CT molecular complexity index is 545. The summed E-state index contributed by atoms with van der Waals surface area (Å²) in [4.78, 5) is 26.2. The van der Waals surface area contributed by atoms with Crippen molar-refractivity contribution in [1.82, 2.24) is 4.90 Å². The molecule has 1 saturated heterocycles. The second-order valence-electron chi connectivity index (χ2n) is 5.87. The van der Waals surface area contributed by atoms with E-state index in [0.29, 0.717) is 6.61 Å². The predicted octanol–water partition coefficient (Wildman–Crippen LogP) is 2.74. The molecule has 118 valence electrons. The first-order valence-electron chi connectivity index (χ1n) is 7.86. The number of hydrogen-bond acceptors (Lipinski definition) is 4. The maximum atomic E-state index is 12.4. The number of ether oxygens (including phenoxy) is 2. The smallest absolute Gasteiger partial charge is 0.411 e. The van der Waals surface area contributed by atoms with Gasteiger partial charge in [0.2, 0.25) is 0 Å². The van der Waals surface area contributed by atoms with E-state index < -0.39 is 12.1 Å². The van der Waals surface area contributed by atoms with Crippen LogP contribution in [0.2, 0.25) is 0 Å². The summed E-state index contributed by atoms with van der Waals surface area (Å²) in [5.74, 6) is -0.0836. The number of rotatable bonds is 4. The minimum atomic E-state index is -0.470. The van der Waals surface area contributed by atoms with Gasteiger partial charge < -0.3 is 9.47 Å². The number of piperidine rings is 1. The number of hydrogen-bond donors (Lipinski definition) is 0. The van der Waals surface area contributed by atoms with Crippen LogP contribution in [-0.4, -0.2) is 35.7 Å². The zero-order valence-corrected chi connectivity index (χ0v) is 12.7. The molecular formula is C17H21NO4. The van der Waals surface area contributed by atoms with Gasteiger partial charge in [-0.1, -0.05) is 30.3 Å². The average molecular weight is 303 g/mol. The molecule has 0 unspecified atom stereocenters. The standard InChI is InChI=1S/C17H21NO4/c1-2-21-16(19)15-13-8-9-14(10-13)18(15)17(20)22-11-12-6-4-3-5-7-12/h3-7,13-15H,2,8-11H2,1H3/t13-,14-,15-/m0/s1. The molecular weight excluding hydrogens is 282 g/mol. The van der Waals surface area contributed by atoms with Gasteiger partial charge in [0.05, 0.1) is 6.61 Å². The van der Waals surface area contributed by atoms with E-state index in [0.717, 1.165) is 24.8 Å². The van der Waals surface area contributed by atoms with Crippen molar-refractivity contribution >= 4 is 12.1 Å². The van der Waals surface area contributed by atoms with Gasteiger partial charge >= 0.3 is 12.1 Å². The predicted molar refractivity (Wildman–Crippen MR) is 80.0 cm³/mol. The summed E-state index contributed by atoms with van der Waals surface area (Å²) < 4.78 is 10.5. The summed E-state index contributed by atoms with van der Waals surface area (Å²) in [5, 5.41) is 0. The number of amides is 1. The molecule has 0 N–H and O–H groups in total. The van der Waals surface area contributed by atoms with Crippen molar-refractivity contribution in [1.29, 1.82) is 0 Å². The number of carbonyl (C=O) groups excluding carboxylic acids is 2. The zero-order valence-electron chi connectivity index (χ0n) is 12.7. The average Bonchev–Trinajstić information content (AvgIpc) is 3.14. The molecule has 0 spiro atoms. The van der Waals surface area contributed by atoms with Gasteiger partial charge in [0, 0.05) is 6.04 Å². The molecule has 1 saturated carbocycles. The lowest BCUT2D eigenvalue weighted by Crippen LogP contribution is -2.49. The third-order valence-electron chi connectivity index (χ3n) is 4.53. The highest BCUT2D eigenvalue weighted by Crippen LogP contribution is 2.43. The maximum Gasteiger partial charge on any atom is 0.411 e. The molecule has 5 nitrogen and oxygen atoms in total. The SMILES string of the molecule is CCOC(=O)[C@@H]1[C@H]2CC[C@@H](C2)N1C(=O)OCc1ccccc1. The van der Waals surface area contributed by atoms with Crippen LogP contribution in [-0.2, 0) is 20.9 Å². The van der Waals surface area contributed by atoms with Gasteiger partial charge in [0.15, 0.2) is 0 Å². The van der Waals surface area contributed by atoms with Gasteiger partial charge in [-0.2, -0.15) is 0 Å². The van der Waals surface area contributed by atoms with Crippen molar-refractivity contribution in [2.75, 3.05) is 6.61 Å². The highest BCUT2D eigenvalue weighted by Gasteiger charge is 2.52. The Morgan fingerprint density at radius 2 is 1.95 bits per heavy atom. The quantitative estimate of drug-likeness (QED) is 0.803. The molecule has 22 heavy (non-hydrogen) atoms. The van der Waals surface area contributed by atoms with Crippen LogP contribution in [0.4, 0.5) is 4.79 Å². The van der Waals surface area contributed by atoms with Gasteiger partial charge in [-0.15, -0.1) is 0 Å². The molecule has 1 aliphatic heterocycles. The lowest BCUT2D eigenvalue weighted by Gasteiger charge is -2.32. The molecule has 1 heterocycles. The number of carbonyl (C=O) groups is 2. The Morgan fingerprint density at radius 1 is 1.18 bits per heavy atom. The van der Waals surface area contributed by atoms with E-state index in [1.54, 1.807) is 11.8 Å². The van der Waals surface area contributed by atoms with Crippen molar-refractivity contribution in [3.05, 3.63) is 35.9 Å². The molecule has 1 aromatic carbocycles. The van der Waals surface area contributed by atoms with E-state index in [-0.39, 0.29) is 24.5 Å². The fraction of sp³-hybridized carbons (Fsp3) is 0.529. The summed E-state index contributed by atoms with van der Waals surface area (Å²) in [6, 6.07) is 9.19. The molecule has 1 aliphatic carbocycles. The Morgan fingerprint density at radius 3 is 2.68 bits per heavy atom. The largest absolute Gasteiger partial charge is 0.464 e. The molecule has 3 rings (SSSR count). The van der Waals surface area contributed by atoms with E-state index >= 15 is 0 Å². The highest BCUT2D eigenvalue weighted by atomic mass is 16.6. The van der Waals surface area contributed by atoms with Gasteiger partial charge in [-0.05, 0) is 37.7 Å². The van der Waals surface area contributed by atoms with E-state index in [2.05, 4.69) is 0 Å². The Kier molecular flexibility index (Phi) is 4.32. The van der Waals surface area contributed by atoms with Gasteiger partial charge in [-0.3, -0.25) is 4.90 Å². The van der Waals surface area contributed by atoms with Crippen molar-refractivity contribution < 1.29 is 19.1 Å². The van der Waals surface area contributed by atoms with Crippen LogP contribution in [0, 0.1) is 5.92 Å². The third kappa shape index (κ3) is 2.80. The van der Waals surface area contributed by atoms with Crippen LogP contribution < -0.4 is 0 Å². The fourth-order valence-electron chi connectivity index (χ4n) is 3.58. The minimum absolute atomic E-state index is 0.114. The van der Waals surface area contributed by atoms with E-state index in [1.807, 2.05) is 30.3 Å². The molecule has 3 atom stereocenters. The Balaban J connectivity index is 1.66. The van der Waals surface area contributed by atoms with Gasteiger partial charge in [-0.25, -0.2) is 9.59 Å². The lowest BCUT2D eigenvalue weighted by molar-refractivity contribution is -0.150. The molecule has 5 heteroatoms. The third-order valence-corrected chi connectivity index (χ3v) is 4.53. The molecule has 2 bridgehead atoms. The van der Waals surface area contributed by atoms with Crippen molar-refractivity contribution in [3.63, 3.8) is 0 Å². The minimum Gasteiger partial charge on any atom is -0.464 e. The first-order valence-corrected chi connectivity index (χ1v) is 7.86. The summed E-state index contributed by atoms with van der Waals surface area (Å²) in [5.41, 5.74) is 0.938. The van der Waals surface area contributed by atoms with E-state index in [1.165, 1.54) is 0 Å². The molecule has 2 fully saturated rings. The molecule has 0 aromatic heterocycles.